The third kappa shape index (κ3) is 2.31. The van der Waals surface area contributed by atoms with Gasteiger partial charge < -0.3 is 4.74 Å². The quantitative estimate of drug-likeness (QED) is 0.547. The second kappa shape index (κ2) is 5.49. The Morgan fingerprint density at radius 2 is 2.08 bits per heavy atom. The molecule has 6 nitrogen and oxygen atoms in total. The van der Waals surface area contributed by atoms with Crippen LogP contribution in [0.15, 0.2) is 41.5 Å². The first kappa shape index (κ1) is 15.7. The molecule has 0 bridgehead atoms. The molecule has 0 aliphatic carbocycles. The van der Waals surface area contributed by atoms with Crippen LogP contribution >= 0.6 is 11.3 Å². The summed E-state index contributed by atoms with van der Waals surface area (Å²) in [6, 6.07) is 9.96. The normalized spacial score (nSPS) is 16.2. The van der Waals surface area contributed by atoms with Crippen molar-refractivity contribution in [1.82, 2.24) is 19.2 Å². The average Bonchev–Trinajstić information content (AvgIpc) is 3.23. The summed E-state index contributed by atoms with van der Waals surface area (Å²) in [6.07, 6.45) is 2.42. The molecule has 1 aliphatic rings. The van der Waals surface area contributed by atoms with Crippen molar-refractivity contribution < 1.29 is 4.74 Å². The fourth-order valence-corrected chi connectivity index (χ4v) is 4.81. The van der Waals surface area contributed by atoms with E-state index in [-0.39, 0.29) is 11.2 Å². The molecule has 4 heterocycles. The fraction of sp³-hybridized carbons (Fsp3) is 0.316. The molecule has 132 valence electrons. The molecular weight excluding hydrogens is 348 g/mol. The van der Waals surface area contributed by atoms with Crippen LogP contribution in [-0.4, -0.2) is 24.8 Å². The molecule has 0 fully saturated rings. The van der Waals surface area contributed by atoms with Crippen molar-refractivity contribution >= 4 is 27.3 Å². The van der Waals surface area contributed by atoms with Crippen LogP contribution in [0.1, 0.15) is 29.9 Å². The minimum atomic E-state index is -0.264. The molecule has 3 aromatic heterocycles. The highest BCUT2D eigenvalue weighted by Gasteiger charge is 2.31. The Morgan fingerprint density at radius 1 is 1.27 bits per heavy atom. The van der Waals surface area contributed by atoms with E-state index in [2.05, 4.69) is 24.0 Å². The van der Waals surface area contributed by atoms with Gasteiger partial charge >= 0.3 is 0 Å². The highest BCUT2D eigenvalue weighted by atomic mass is 32.1. The third-order valence-electron chi connectivity index (χ3n) is 4.90. The molecule has 0 saturated carbocycles. The molecule has 7 heteroatoms. The van der Waals surface area contributed by atoms with Crippen LogP contribution in [0.25, 0.3) is 16.0 Å². The summed E-state index contributed by atoms with van der Waals surface area (Å²) >= 11 is 1.61. The summed E-state index contributed by atoms with van der Waals surface area (Å²) in [4.78, 5) is 15.5. The van der Waals surface area contributed by atoms with Crippen molar-refractivity contribution in [2.45, 2.75) is 39.0 Å². The molecule has 0 unspecified atom stereocenters. The lowest BCUT2D eigenvalue weighted by molar-refractivity contribution is -0.0379. The van der Waals surface area contributed by atoms with Crippen LogP contribution < -0.4 is 5.56 Å². The van der Waals surface area contributed by atoms with Crippen molar-refractivity contribution in [3.8, 4) is 0 Å². The van der Waals surface area contributed by atoms with Crippen LogP contribution in [0.2, 0.25) is 0 Å². The molecule has 1 aliphatic heterocycles. The van der Waals surface area contributed by atoms with Crippen LogP contribution in [0.5, 0.6) is 0 Å². The second-order valence-corrected chi connectivity index (χ2v) is 8.37. The van der Waals surface area contributed by atoms with E-state index >= 15 is 0 Å². The number of hydrogen-bond acceptors (Lipinski definition) is 5. The Balaban J connectivity index is 1.81. The van der Waals surface area contributed by atoms with E-state index in [1.165, 1.54) is 0 Å². The molecule has 0 spiro atoms. The van der Waals surface area contributed by atoms with Crippen LogP contribution in [0.3, 0.4) is 0 Å². The van der Waals surface area contributed by atoms with E-state index in [0.717, 1.165) is 32.6 Å². The Labute approximate surface area is 153 Å². The molecule has 0 N–H and O–H groups in total. The summed E-state index contributed by atoms with van der Waals surface area (Å²) in [5.41, 5.74) is 1.91. The molecule has 0 atom stereocenters. The zero-order valence-electron chi connectivity index (χ0n) is 14.6. The highest BCUT2D eigenvalue weighted by Crippen LogP contribution is 2.37. The SMILES string of the molecule is CC1(C)Cc2c(sc3c2c(=O)n(Cc2ccccc2)c2nncn32)CO1. The number of fused-ring (bicyclic) bond motifs is 5. The van der Waals surface area contributed by atoms with Crippen molar-refractivity contribution in [2.75, 3.05) is 0 Å². The van der Waals surface area contributed by atoms with Crippen molar-refractivity contribution in [1.29, 1.82) is 0 Å². The molecule has 0 radical (unpaired) electrons. The first-order chi connectivity index (χ1) is 12.5. The number of thiophene rings is 1. The van der Waals surface area contributed by atoms with Gasteiger partial charge in [-0.05, 0) is 25.0 Å². The van der Waals surface area contributed by atoms with Crippen molar-refractivity contribution in [3.05, 3.63) is 63.0 Å². The van der Waals surface area contributed by atoms with E-state index in [4.69, 9.17) is 4.74 Å². The molecule has 0 amide bonds. The highest BCUT2D eigenvalue weighted by molar-refractivity contribution is 7.18. The minimum absolute atomic E-state index is 0.000414. The molecule has 5 rings (SSSR count). The maximum atomic E-state index is 13.4. The predicted octanol–water partition coefficient (Wildman–Crippen LogP) is 3.01. The Kier molecular flexibility index (Phi) is 3.32. The maximum absolute atomic E-state index is 13.4. The number of aromatic nitrogens is 4. The minimum Gasteiger partial charge on any atom is -0.370 e. The maximum Gasteiger partial charge on any atom is 0.264 e. The van der Waals surface area contributed by atoms with E-state index in [1.807, 2.05) is 34.7 Å². The largest absolute Gasteiger partial charge is 0.370 e. The van der Waals surface area contributed by atoms with Crippen molar-refractivity contribution in [3.63, 3.8) is 0 Å². The van der Waals surface area contributed by atoms with Crippen LogP contribution in [-0.2, 0) is 24.3 Å². The molecule has 4 aromatic rings. The lowest BCUT2D eigenvalue weighted by Gasteiger charge is -2.29. The van der Waals surface area contributed by atoms with Gasteiger partial charge in [-0.15, -0.1) is 21.5 Å². The van der Waals surface area contributed by atoms with Gasteiger partial charge in [0.1, 0.15) is 11.2 Å². The smallest absolute Gasteiger partial charge is 0.264 e. The monoisotopic (exact) mass is 366 g/mol. The zero-order valence-corrected chi connectivity index (χ0v) is 15.4. The number of ether oxygens (including phenoxy) is 1. The zero-order chi connectivity index (χ0) is 17.9. The fourth-order valence-electron chi connectivity index (χ4n) is 3.62. The number of benzene rings is 1. The topological polar surface area (TPSA) is 61.4 Å². The summed E-state index contributed by atoms with van der Waals surface area (Å²) < 4.78 is 9.59. The van der Waals surface area contributed by atoms with Gasteiger partial charge in [0.25, 0.3) is 5.56 Å². The van der Waals surface area contributed by atoms with Gasteiger partial charge in [-0.3, -0.25) is 13.8 Å². The Hall–Kier alpha value is -2.51. The lowest BCUT2D eigenvalue weighted by Crippen LogP contribution is -2.32. The first-order valence-electron chi connectivity index (χ1n) is 8.58. The third-order valence-corrected chi connectivity index (χ3v) is 6.11. The number of hydrogen-bond donors (Lipinski definition) is 0. The van der Waals surface area contributed by atoms with Gasteiger partial charge in [0.15, 0.2) is 0 Å². The standard InChI is InChI=1S/C19H18N4O2S/c1-19(2)8-13-14(10-25-19)26-17-15(13)16(24)22(18-21-20-11-23(17)18)9-12-6-4-3-5-7-12/h3-7,11H,8-10H2,1-2H3. The molecular formula is C19H18N4O2S. The summed E-state index contributed by atoms with van der Waals surface area (Å²) in [7, 11) is 0. The van der Waals surface area contributed by atoms with Crippen LogP contribution in [0, 0.1) is 0 Å². The Bertz CT molecular complexity index is 1190. The van der Waals surface area contributed by atoms with Gasteiger partial charge in [0.05, 0.1) is 24.1 Å². The van der Waals surface area contributed by atoms with E-state index < -0.39 is 0 Å². The number of rotatable bonds is 2. The van der Waals surface area contributed by atoms with Gasteiger partial charge in [0, 0.05) is 11.3 Å². The van der Waals surface area contributed by atoms with E-state index in [0.29, 0.717) is 18.9 Å². The van der Waals surface area contributed by atoms with Gasteiger partial charge in [0.2, 0.25) is 5.78 Å². The van der Waals surface area contributed by atoms with Gasteiger partial charge in [-0.2, -0.15) is 0 Å². The summed E-state index contributed by atoms with van der Waals surface area (Å²) in [5.74, 6) is 0.574. The molecule has 26 heavy (non-hydrogen) atoms. The van der Waals surface area contributed by atoms with E-state index in [1.54, 1.807) is 22.2 Å². The van der Waals surface area contributed by atoms with E-state index in [9.17, 15) is 4.79 Å². The first-order valence-corrected chi connectivity index (χ1v) is 9.40. The summed E-state index contributed by atoms with van der Waals surface area (Å²) in [5, 5.41) is 9.05. The summed E-state index contributed by atoms with van der Waals surface area (Å²) in [6.45, 7) is 5.16. The predicted molar refractivity (Wildman–Crippen MR) is 101 cm³/mol. The van der Waals surface area contributed by atoms with Gasteiger partial charge in [-0.25, -0.2) is 0 Å². The van der Waals surface area contributed by atoms with Gasteiger partial charge in [-0.1, -0.05) is 30.3 Å². The number of nitrogens with zero attached hydrogens (tertiary/aromatic N) is 4. The van der Waals surface area contributed by atoms with Crippen molar-refractivity contribution in [2.24, 2.45) is 0 Å². The lowest BCUT2D eigenvalue weighted by atomic mass is 9.94. The second-order valence-electron chi connectivity index (χ2n) is 7.29. The molecule has 1 aromatic carbocycles. The average molecular weight is 366 g/mol. The molecule has 0 saturated heterocycles. The van der Waals surface area contributed by atoms with Crippen LogP contribution in [0.4, 0.5) is 0 Å². The Morgan fingerprint density at radius 3 is 2.88 bits per heavy atom.